The van der Waals surface area contributed by atoms with Crippen molar-refractivity contribution in [1.29, 1.82) is 0 Å². The highest BCUT2D eigenvalue weighted by Crippen LogP contribution is 2.26. The van der Waals surface area contributed by atoms with Crippen LogP contribution in [-0.4, -0.2) is 26.3 Å². The molecule has 1 fully saturated rings. The maximum atomic E-state index is 13.0. The van der Waals surface area contributed by atoms with Crippen LogP contribution in [0.2, 0.25) is 0 Å². The van der Waals surface area contributed by atoms with Gasteiger partial charge in [0.2, 0.25) is 0 Å². The van der Waals surface area contributed by atoms with E-state index in [1.54, 1.807) is 0 Å². The lowest BCUT2D eigenvalue weighted by Crippen LogP contribution is -2.36. The normalized spacial score (nSPS) is 16.8. The Kier molecular flexibility index (Phi) is 2.73. The van der Waals surface area contributed by atoms with Crippen molar-refractivity contribution in [3.63, 3.8) is 0 Å². The van der Waals surface area contributed by atoms with Crippen LogP contribution < -0.4 is 10.6 Å². The van der Waals surface area contributed by atoms with Crippen LogP contribution in [-0.2, 0) is 4.74 Å². The standard InChI is InChI=1S/C10H12F2N2O/c11-7-5-9(13)10(6-8(7)12)14-1-3-15-4-2-14/h5-6H,1-4,13H2. The summed E-state index contributed by atoms with van der Waals surface area (Å²) in [4.78, 5) is 1.89. The molecule has 1 heterocycles. The Morgan fingerprint density at radius 1 is 1.13 bits per heavy atom. The molecule has 1 aromatic carbocycles. The number of hydrogen-bond acceptors (Lipinski definition) is 3. The monoisotopic (exact) mass is 214 g/mol. The van der Waals surface area contributed by atoms with Gasteiger partial charge in [-0.1, -0.05) is 0 Å². The minimum atomic E-state index is -0.912. The maximum Gasteiger partial charge on any atom is 0.161 e. The molecule has 0 radical (unpaired) electrons. The molecule has 0 saturated carbocycles. The second-order valence-corrected chi connectivity index (χ2v) is 3.42. The summed E-state index contributed by atoms with van der Waals surface area (Å²) < 4.78 is 31.0. The first-order valence-corrected chi connectivity index (χ1v) is 4.75. The predicted octanol–water partition coefficient (Wildman–Crippen LogP) is 1.38. The summed E-state index contributed by atoms with van der Waals surface area (Å²) in [6.45, 7) is 2.46. The third-order valence-corrected chi connectivity index (χ3v) is 2.42. The van der Waals surface area contributed by atoms with E-state index in [2.05, 4.69) is 0 Å². The summed E-state index contributed by atoms with van der Waals surface area (Å²) in [6.07, 6.45) is 0. The summed E-state index contributed by atoms with van der Waals surface area (Å²) >= 11 is 0. The molecular formula is C10H12F2N2O. The van der Waals surface area contributed by atoms with E-state index in [0.717, 1.165) is 12.1 Å². The average molecular weight is 214 g/mol. The fourth-order valence-electron chi connectivity index (χ4n) is 1.63. The van der Waals surface area contributed by atoms with Crippen molar-refractivity contribution >= 4 is 11.4 Å². The Morgan fingerprint density at radius 2 is 1.73 bits per heavy atom. The molecule has 1 aliphatic heterocycles. The second kappa shape index (κ2) is 4.02. The van der Waals surface area contributed by atoms with E-state index in [9.17, 15) is 8.78 Å². The molecule has 0 bridgehead atoms. The van der Waals surface area contributed by atoms with Gasteiger partial charge < -0.3 is 15.4 Å². The number of anilines is 2. The van der Waals surface area contributed by atoms with Crippen LogP contribution in [0.4, 0.5) is 20.2 Å². The van der Waals surface area contributed by atoms with Gasteiger partial charge in [0, 0.05) is 25.2 Å². The van der Waals surface area contributed by atoms with Gasteiger partial charge in [-0.05, 0) is 0 Å². The Morgan fingerprint density at radius 3 is 2.40 bits per heavy atom. The SMILES string of the molecule is Nc1cc(F)c(F)cc1N1CCOCC1. The molecule has 0 aliphatic carbocycles. The molecular weight excluding hydrogens is 202 g/mol. The van der Waals surface area contributed by atoms with Crippen molar-refractivity contribution in [3.05, 3.63) is 23.8 Å². The first-order chi connectivity index (χ1) is 7.18. The van der Waals surface area contributed by atoms with E-state index in [1.165, 1.54) is 0 Å². The van der Waals surface area contributed by atoms with E-state index in [4.69, 9.17) is 10.5 Å². The fraction of sp³-hybridized carbons (Fsp3) is 0.400. The largest absolute Gasteiger partial charge is 0.397 e. The molecule has 2 rings (SSSR count). The molecule has 1 saturated heterocycles. The predicted molar refractivity (Wildman–Crippen MR) is 53.8 cm³/mol. The van der Waals surface area contributed by atoms with Crippen molar-refractivity contribution < 1.29 is 13.5 Å². The summed E-state index contributed by atoms with van der Waals surface area (Å²) in [6, 6.07) is 2.15. The van der Waals surface area contributed by atoms with E-state index in [0.29, 0.717) is 32.0 Å². The number of rotatable bonds is 1. The number of nitrogens with zero attached hydrogens (tertiary/aromatic N) is 1. The van der Waals surface area contributed by atoms with Gasteiger partial charge in [-0.2, -0.15) is 0 Å². The summed E-state index contributed by atoms with van der Waals surface area (Å²) in [5.41, 5.74) is 6.43. The highest BCUT2D eigenvalue weighted by atomic mass is 19.2. The van der Waals surface area contributed by atoms with Crippen molar-refractivity contribution in [3.8, 4) is 0 Å². The Balaban J connectivity index is 2.30. The molecule has 3 nitrogen and oxygen atoms in total. The van der Waals surface area contributed by atoms with Crippen molar-refractivity contribution in [2.24, 2.45) is 0 Å². The quantitative estimate of drug-likeness (QED) is 0.718. The van der Waals surface area contributed by atoms with Crippen LogP contribution >= 0.6 is 0 Å². The molecule has 0 spiro atoms. The molecule has 0 unspecified atom stereocenters. The first-order valence-electron chi connectivity index (χ1n) is 4.75. The average Bonchev–Trinajstić information content (AvgIpc) is 2.25. The molecule has 0 aromatic heterocycles. The van der Waals surface area contributed by atoms with E-state index in [-0.39, 0.29) is 5.69 Å². The van der Waals surface area contributed by atoms with Gasteiger partial charge >= 0.3 is 0 Å². The van der Waals surface area contributed by atoms with Crippen LogP contribution in [0.3, 0.4) is 0 Å². The number of benzene rings is 1. The molecule has 1 aliphatic rings. The smallest absolute Gasteiger partial charge is 0.161 e. The van der Waals surface area contributed by atoms with Gasteiger partial charge in [0.1, 0.15) is 0 Å². The van der Waals surface area contributed by atoms with E-state index in [1.807, 2.05) is 4.90 Å². The molecule has 82 valence electrons. The third kappa shape index (κ3) is 2.02. The van der Waals surface area contributed by atoms with Gasteiger partial charge in [-0.25, -0.2) is 8.78 Å². The lowest BCUT2D eigenvalue weighted by molar-refractivity contribution is 0.122. The zero-order valence-corrected chi connectivity index (χ0v) is 8.17. The number of halogens is 2. The first kappa shape index (κ1) is 10.2. The Bertz CT molecular complexity index is 365. The van der Waals surface area contributed by atoms with Crippen molar-refractivity contribution in [2.45, 2.75) is 0 Å². The minimum Gasteiger partial charge on any atom is -0.397 e. The second-order valence-electron chi connectivity index (χ2n) is 3.42. The summed E-state index contributed by atoms with van der Waals surface area (Å²) in [5.74, 6) is -1.78. The lowest BCUT2D eigenvalue weighted by Gasteiger charge is -2.29. The van der Waals surface area contributed by atoms with Gasteiger partial charge in [0.05, 0.1) is 24.6 Å². The van der Waals surface area contributed by atoms with Crippen LogP contribution in [0.25, 0.3) is 0 Å². The summed E-state index contributed by atoms with van der Waals surface area (Å²) in [5, 5.41) is 0. The minimum absolute atomic E-state index is 0.260. The third-order valence-electron chi connectivity index (χ3n) is 2.42. The number of morpholine rings is 1. The van der Waals surface area contributed by atoms with Gasteiger partial charge in [0.15, 0.2) is 11.6 Å². The van der Waals surface area contributed by atoms with Crippen LogP contribution in [0.5, 0.6) is 0 Å². The number of nitrogens with two attached hydrogens (primary N) is 1. The van der Waals surface area contributed by atoms with Gasteiger partial charge in [-0.15, -0.1) is 0 Å². The molecule has 1 aromatic rings. The van der Waals surface area contributed by atoms with Gasteiger partial charge in [0.25, 0.3) is 0 Å². The van der Waals surface area contributed by atoms with E-state index >= 15 is 0 Å². The topological polar surface area (TPSA) is 38.5 Å². The van der Waals surface area contributed by atoms with Crippen LogP contribution in [0.15, 0.2) is 12.1 Å². The lowest BCUT2D eigenvalue weighted by atomic mass is 10.2. The number of nitrogen functional groups attached to an aromatic ring is 1. The number of ether oxygens (including phenoxy) is 1. The molecule has 15 heavy (non-hydrogen) atoms. The maximum absolute atomic E-state index is 13.0. The van der Waals surface area contributed by atoms with Crippen molar-refractivity contribution in [2.75, 3.05) is 36.9 Å². The van der Waals surface area contributed by atoms with Crippen LogP contribution in [0, 0.1) is 11.6 Å². The highest BCUT2D eigenvalue weighted by molar-refractivity contribution is 5.67. The Hall–Kier alpha value is -1.36. The molecule has 2 N–H and O–H groups in total. The van der Waals surface area contributed by atoms with Gasteiger partial charge in [-0.3, -0.25) is 0 Å². The highest BCUT2D eigenvalue weighted by Gasteiger charge is 2.16. The van der Waals surface area contributed by atoms with Crippen LogP contribution in [0.1, 0.15) is 0 Å². The molecule has 0 amide bonds. The zero-order valence-electron chi connectivity index (χ0n) is 8.17. The summed E-state index contributed by atoms with van der Waals surface area (Å²) in [7, 11) is 0. The molecule has 5 heteroatoms. The van der Waals surface area contributed by atoms with E-state index < -0.39 is 11.6 Å². The Labute approximate surface area is 86.4 Å². The van der Waals surface area contributed by atoms with Crippen molar-refractivity contribution in [1.82, 2.24) is 0 Å². The fourth-order valence-corrected chi connectivity index (χ4v) is 1.63. The molecule has 0 atom stereocenters. The zero-order chi connectivity index (χ0) is 10.8. The number of hydrogen-bond donors (Lipinski definition) is 1.